The van der Waals surface area contributed by atoms with Crippen molar-refractivity contribution >= 4 is 51.3 Å². The van der Waals surface area contributed by atoms with Crippen molar-refractivity contribution in [2.75, 3.05) is 28.9 Å². The third kappa shape index (κ3) is 4.02. The Bertz CT molecular complexity index is 1350. The van der Waals surface area contributed by atoms with Crippen molar-refractivity contribution in [2.24, 2.45) is 0 Å². The summed E-state index contributed by atoms with van der Waals surface area (Å²) in [5.74, 6) is -0.826. The fraction of sp³-hybridized carbons (Fsp3) is 0.269. The van der Waals surface area contributed by atoms with Crippen molar-refractivity contribution in [2.45, 2.75) is 25.8 Å². The standard InChI is InChI=1S/C26H25N3O6S/c1-2-35-26(32)27-15-13-17(14-16-27)29(36(33)34)23-12-11-22(18-7-3-4-8-19(18)23)28-24(30)20-9-5-6-10-21(20)25(28)31/h3-12,17H,2,13-16H2,1H3,(H,33,34)/p-1. The monoisotopic (exact) mass is 506 g/mol. The molecule has 10 heteroatoms. The van der Waals surface area contributed by atoms with Crippen LogP contribution in [0.3, 0.4) is 0 Å². The number of fused-ring (bicyclic) bond motifs is 2. The predicted octanol–water partition coefficient (Wildman–Crippen LogP) is 3.86. The van der Waals surface area contributed by atoms with Gasteiger partial charge in [0.15, 0.2) is 0 Å². The summed E-state index contributed by atoms with van der Waals surface area (Å²) in [5.41, 5.74) is 1.53. The van der Waals surface area contributed by atoms with E-state index in [9.17, 15) is 23.1 Å². The predicted molar refractivity (Wildman–Crippen MR) is 135 cm³/mol. The Hall–Kier alpha value is -3.76. The zero-order valence-corrected chi connectivity index (χ0v) is 20.4. The highest BCUT2D eigenvalue weighted by atomic mass is 32.2. The summed E-state index contributed by atoms with van der Waals surface area (Å²) in [6, 6.07) is 16.7. The molecule has 3 aromatic carbocycles. The van der Waals surface area contributed by atoms with Gasteiger partial charge in [0.25, 0.3) is 11.8 Å². The Balaban J connectivity index is 1.51. The van der Waals surface area contributed by atoms with Gasteiger partial charge in [0.1, 0.15) is 0 Å². The number of amides is 3. The normalized spacial score (nSPS) is 16.8. The Morgan fingerprint density at radius 1 is 0.972 bits per heavy atom. The summed E-state index contributed by atoms with van der Waals surface area (Å²) >= 11 is -2.59. The van der Waals surface area contributed by atoms with Crippen LogP contribution in [-0.4, -0.2) is 57.3 Å². The Morgan fingerprint density at radius 3 is 2.14 bits per heavy atom. The maximum atomic E-state index is 13.1. The first-order chi connectivity index (χ1) is 17.4. The largest absolute Gasteiger partial charge is 0.755 e. The Kier molecular flexibility index (Phi) is 6.46. The molecule has 1 unspecified atom stereocenters. The van der Waals surface area contributed by atoms with Crippen molar-refractivity contribution in [3.05, 3.63) is 71.8 Å². The molecule has 9 nitrogen and oxygen atoms in total. The van der Waals surface area contributed by atoms with Crippen molar-refractivity contribution in [1.29, 1.82) is 0 Å². The van der Waals surface area contributed by atoms with E-state index in [-0.39, 0.29) is 12.6 Å². The molecule has 0 radical (unpaired) electrons. The van der Waals surface area contributed by atoms with Crippen LogP contribution in [0.5, 0.6) is 0 Å². The molecule has 0 aliphatic carbocycles. The van der Waals surface area contributed by atoms with E-state index in [4.69, 9.17) is 4.74 Å². The second-order valence-corrected chi connectivity index (χ2v) is 9.43. The second kappa shape index (κ2) is 9.71. The highest BCUT2D eigenvalue weighted by Crippen LogP contribution is 2.39. The number of rotatable bonds is 5. The fourth-order valence-electron chi connectivity index (χ4n) is 4.96. The quantitative estimate of drug-likeness (QED) is 0.384. The Morgan fingerprint density at radius 2 is 1.56 bits per heavy atom. The van der Waals surface area contributed by atoms with Crippen LogP contribution in [-0.2, 0) is 16.0 Å². The minimum atomic E-state index is -2.59. The van der Waals surface area contributed by atoms with Gasteiger partial charge in [-0.15, -0.1) is 0 Å². The molecular weight excluding hydrogens is 482 g/mol. The number of hydrogen-bond donors (Lipinski definition) is 0. The van der Waals surface area contributed by atoms with E-state index < -0.39 is 29.2 Å². The number of piperidine rings is 1. The van der Waals surface area contributed by atoms with Gasteiger partial charge in [-0.25, -0.2) is 9.69 Å². The van der Waals surface area contributed by atoms with Gasteiger partial charge >= 0.3 is 6.09 Å². The molecule has 2 aliphatic rings. The van der Waals surface area contributed by atoms with E-state index >= 15 is 0 Å². The molecule has 2 aliphatic heterocycles. The number of carbonyl (C=O) groups is 3. The van der Waals surface area contributed by atoms with E-state index in [1.165, 1.54) is 4.31 Å². The molecule has 0 bridgehead atoms. The SMILES string of the molecule is CCOC(=O)N1CCC(N(c2ccc(N3C(=O)c4ccccc4C3=O)c3ccccc23)S(=O)[O-])CC1. The van der Waals surface area contributed by atoms with Crippen LogP contribution in [0.1, 0.15) is 40.5 Å². The number of benzene rings is 3. The van der Waals surface area contributed by atoms with Crippen LogP contribution in [0, 0.1) is 0 Å². The van der Waals surface area contributed by atoms with Crippen LogP contribution in [0.4, 0.5) is 16.2 Å². The molecular formula is C26H24N3O6S-. The van der Waals surface area contributed by atoms with Crippen LogP contribution >= 0.6 is 0 Å². The van der Waals surface area contributed by atoms with Gasteiger partial charge in [-0.1, -0.05) is 36.4 Å². The lowest BCUT2D eigenvalue weighted by molar-refractivity contribution is 0.0924. The molecule has 3 aromatic rings. The number of ether oxygens (including phenoxy) is 1. The number of anilines is 2. The molecule has 0 aromatic heterocycles. The average molecular weight is 507 g/mol. The molecule has 1 saturated heterocycles. The molecule has 5 rings (SSSR count). The van der Waals surface area contributed by atoms with Crippen LogP contribution in [0.2, 0.25) is 0 Å². The summed E-state index contributed by atoms with van der Waals surface area (Å²) in [6.07, 6.45) is 0.490. The van der Waals surface area contributed by atoms with Crippen molar-refractivity contribution in [3.8, 4) is 0 Å². The first-order valence-corrected chi connectivity index (χ1v) is 12.8. The van der Waals surface area contributed by atoms with Crippen molar-refractivity contribution in [1.82, 2.24) is 4.90 Å². The highest BCUT2D eigenvalue weighted by molar-refractivity contribution is 7.80. The number of nitrogens with zero attached hydrogens (tertiary/aromatic N) is 3. The third-order valence-corrected chi connectivity index (χ3v) is 7.45. The molecule has 1 atom stereocenters. The Labute approximate surface area is 210 Å². The molecule has 186 valence electrons. The van der Waals surface area contributed by atoms with Gasteiger partial charge in [0.2, 0.25) is 0 Å². The molecule has 2 heterocycles. The van der Waals surface area contributed by atoms with Gasteiger partial charge in [0.05, 0.1) is 29.1 Å². The molecule has 0 N–H and O–H groups in total. The summed E-state index contributed by atoms with van der Waals surface area (Å²) in [7, 11) is 0. The molecule has 0 spiro atoms. The van der Waals surface area contributed by atoms with E-state index in [1.54, 1.807) is 72.5 Å². The summed E-state index contributed by atoms with van der Waals surface area (Å²) in [5, 5.41) is 1.19. The molecule has 1 fully saturated rings. The van der Waals surface area contributed by atoms with Gasteiger partial charge < -0.3 is 14.2 Å². The van der Waals surface area contributed by atoms with E-state index in [2.05, 4.69) is 0 Å². The van der Waals surface area contributed by atoms with Crippen LogP contribution < -0.4 is 9.21 Å². The summed E-state index contributed by atoms with van der Waals surface area (Å²) < 4.78 is 31.3. The van der Waals surface area contributed by atoms with Crippen molar-refractivity contribution in [3.63, 3.8) is 0 Å². The number of likely N-dealkylation sites (tertiary alicyclic amines) is 1. The smallest absolute Gasteiger partial charge is 0.409 e. The third-order valence-electron chi connectivity index (χ3n) is 6.63. The molecule has 36 heavy (non-hydrogen) atoms. The molecule has 0 saturated carbocycles. The molecule has 3 amide bonds. The maximum absolute atomic E-state index is 13.1. The van der Waals surface area contributed by atoms with E-state index in [0.29, 0.717) is 59.2 Å². The summed E-state index contributed by atoms with van der Waals surface area (Å²) in [4.78, 5) is 41.0. The lowest BCUT2D eigenvalue weighted by atomic mass is 10.0. The zero-order chi connectivity index (χ0) is 25.4. The fourth-order valence-corrected chi connectivity index (χ4v) is 5.73. The van der Waals surface area contributed by atoms with Gasteiger partial charge in [-0.05, 0) is 44.0 Å². The highest BCUT2D eigenvalue weighted by Gasteiger charge is 2.37. The minimum Gasteiger partial charge on any atom is -0.755 e. The number of hydrogen-bond acceptors (Lipinski definition) is 6. The first-order valence-electron chi connectivity index (χ1n) is 11.7. The number of imide groups is 1. The first kappa shape index (κ1) is 24.0. The van der Waals surface area contributed by atoms with Crippen molar-refractivity contribution < 1.29 is 27.9 Å². The lowest BCUT2D eigenvalue weighted by Gasteiger charge is -2.40. The van der Waals surface area contributed by atoms with Crippen LogP contribution in [0.15, 0.2) is 60.7 Å². The van der Waals surface area contributed by atoms with E-state index in [0.717, 1.165) is 4.90 Å². The number of carbonyl (C=O) groups excluding carboxylic acids is 3. The lowest BCUT2D eigenvalue weighted by Crippen LogP contribution is -2.47. The second-order valence-electron chi connectivity index (χ2n) is 8.60. The van der Waals surface area contributed by atoms with E-state index in [1.807, 2.05) is 0 Å². The minimum absolute atomic E-state index is 0.279. The topological polar surface area (TPSA) is 110 Å². The van der Waals surface area contributed by atoms with Gasteiger partial charge in [0, 0.05) is 41.2 Å². The van der Waals surface area contributed by atoms with Crippen LogP contribution in [0.25, 0.3) is 10.8 Å². The van der Waals surface area contributed by atoms with Gasteiger partial charge in [-0.3, -0.25) is 18.1 Å². The van der Waals surface area contributed by atoms with Gasteiger partial charge in [-0.2, -0.15) is 0 Å². The zero-order valence-electron chi connectivity index (χ0n) is 19.6. The maximum Gasteiger partial charge on any atom is 0.409 e. The summed E-state index contributed by atoms with van der Waals surface area (Å²) in [6.45, 7) is 2.77. The average Bonchev–Trinajstić information content (AvgIpc) is 3.14.